The monoisotopic (exact) mass is 648 g/mol. The van der Waals surface area contributed by atoms with Crippen LogP contribution < -0.4 is 9.47 Å². The highest BCUT2D eigenvalue weighted by atomic mass is 79.9. The van der Waals surface area contributed by atoms with E-state index in [4.69, 9.17) is 9.47 Å². The summed E-state index contributed by atoms with van der Waals surface area (Å²) in [7, 11) is 0. The molecule has 0 radical (unpaired) electrons. The average Bonchev–Trinajstić information content (AvgIpc) is 2.85. The smallest absolute Gasteiger partial charge is 0.134 e. The van der Waals surface area contributed by atoms with Crippen LogP contribution >= 0.6 is 31.9 Å². The second-order valence-electron chi connectivity index (χ2n) is 11.8. The van der Waals surface area contributed by atoms with Crippen molar-refractivity contribution >= 4 is 44.0 Å². The lowest BCUT2D eigenvalue weighted by molar-refractivity contribution is 0.274. The van der Waals surface area contributed by atoms with Crippen molar-refractivity contribution in [2.75, 3.05) is 13.2 Å². The molecule has 0 saturated heterocycles. The lowest BCUT2D eigenvalue weighted by Gasteiger charge is -2.14. The van der Waals surface area contributed by atoms with E-state index in [-0.39, 0.29) is 0 Å². The van der Waals surface area contributed by atoms with E-state index in [1.807, 2.05) is 0 Å². The summed E-state index contributed by atoms with van der Waals surface area (Å²) in [5.74, 6) is 4.78. The molecule has 0 spiro atoms. The van der Waals surface area contributed by atoms with Gasteiger partial charge in [-0.25, -0.2) is 0 Å². The lowest BCUT2D eigenvalue weighted by atomic mass is 9.98. The van der Waals surface area contributed by atoms with E-state index in [2.05, 4.69) is 122 Å². The zero-order valence-electron chi connectivity index (χ0n) is 24.6. The van der Waals surface area contributed by atoms with E-state index in [0.717, 1.165) is 69.5 Å². The van der Waals surface area contributed by atoms with Crippen LogP contribution in [0.3, 0.4) is 0 Å². The fourth-order valence-electron chi connectivity index (χ4n) is 4.44. The van der Waals surface area contributed by atoms with Crippen molar-refractivity contribution in [2.45, 2.75) is 92.9 Å². The molecule has 0 bridgehead atoms. The Balaban J connectivity index is 1.87. The van der Waals surface area contributed by atoms with E-state index in [9.17, 15) is 0 Å². The van der Waals surface area contributed by atoms with E-state index in [1.165, 1.54) is 38.5 Å². The zero-order valence-corrected chi connectivity index (χ0v) is 27.7. The number of hydrogen-bond acceptors (Lipinski definition) is 2. The van der Waals surface area contributed by atoms with Crippen LogP contribution in [-0.4, -0.2) is 13.2 Å². The van der Waals surface area contributed by atoms with Crippen LogP contribution in [0, 0.1) is 23.7 Å². The molecule has 212 valence electrons. The van der Waals surface area contributed by atoms with Crippen molar-refractivity contribution < 1.29 is 9.47 Å². The molecule has 2 aromatic rings. The van der Waals surface area contributed by atoms with Crippen molar-refractivity contribution in [3.8, 4) is 11.5 Å². The minimum Gasteiger partial charge on any atom is -0.492 e. The maximum atomic E-state index is 6.16. The van der Waals surface area contributed by atoms with Gasteiger partial charge in [0.15, 0.2) is 0 Å². The Kier molecular flexibility index (Phi) is 15.7. The number of ether oxygens (including phenoxy) is 2. The maximum Gasteiger partial charge on any atom is 0.134 e. The first-order valence-corrected chi connectivity index (χ1v) is 16.2. The molecule has 0 N–H and O–H groups in total. The molecule has 0 aliphatic heterocycles. The molecule has 0 amide bonds. The van der Waals surface area contributed by atoms with Gasteiger partial charge in [0.05, 0.1) is 22.2 Å². The van der Waals surface area contributed by atoms with Gasteiger partial charge in [-0.15, -0.1) is 0 Å². The first-order chi connectivity index (χ1) is 18.1. The highest BCUT2D eigenvalue weighted by Gasteiger charge is 2.08. The molecule has 2 aromatic carbocycles. The number of hydrogen-bond donors (Lipinski definition) is 0. The molecular weight excluding hydrogens is 600 g/mol. The highest BCUT2D eigenvalue weighted by Crippen LogP contribution is 2.30. The Labute approximate surface area is 250 Å². The quantitative estimate of drug-likeness (QED) is 0.150. The van der Waals surface area contributed by atoms with Crippen LogP contribution in [0.15, 0.2) is 45.3 Å². The average molecular weight is 651 g/mol. The summed E-state index contributed by atoms with van der Waals surface area (Å²) >= 11 is 7.30. The summed E-state index contributed by atoms with van der Waals surface area (Å²) in [4.78, 5) is 0. The summed E-state index contributed by atoms with van der Waals surface area (Å²) < 4.78 is 14.3. The lowest BCUT2D eigenvalue weighted by Crippen LogP contribution is -2.05. The van der Waals surface area contributed by atoms with Gasteiger partial charge in [0.1, 0.15) is 11.5 Å². The third kappa shape index (κ3) is 13.7. The van der Waals surface area contributed by atoms with Crippen LogP contribution in [0.5, 0.6) is 11.5 Å². The van der Waals surface area contributed by atoms with Crippen LogP contribution in [0.4, 0.5) is 0 Å². The predicted molar refractivity (Wildman–Crippen MR) is 173 cm³/mol. The summed E-state index contributed by atoms with van der Waals surface area (Å²) in [5, 5.41) is 0. The third-order valence-electron chi connectivity index (χ3n) is 7.07. The second kappa shape index (κ2) is 18.2. The van der Waals surface area contributed by atoms with Gasteiger partial charge in [-0.1, -0.05) is 104 Å². The minimum atomic E-state index is 0.692. The maximum absolute atomic E-state index is 6.16. The van der Waals surface area contributed by atoms with E-state index < -0.39 is 0 Å². The molecule has 0 aliphatic rings. The van der Waals surface area contributed by atoms with E-state index in [1.54, 1.807) is 0 Å². The number of rotatable bonds is 18. The van der Waals surface area contributed by atoms with Gasteiger partial charge in [0, 0.05) is 0 Å². The SMILES string of the molecule is CC(C)CCCC(C)CCOc1cc(/C=C/c2ccc(Br)c(OCCC(C)CCCC(C)C)c2)ccc1Br. The summed E-state index contributed by atoms with van der Waals surface area (Å²) in [5.41, 5.74) is 2.24. The van der Waals surface area contributed by atoms with Crippen molar-refractivity contribution in [1.29, 1.82) is 0 Å². The molecular formula is C34H50Br2O2. The Morgan fingerprint density at radius 1 is 0.579 bits per heavy atom. The Morgan fingerprint density at radius 3 is 1.34 bits per heavy atom. The van der Waals surface area contributed by atoms with Crippen molar-refractivity contribution in [1.82, 2.24) is 0 Å². The van der Waals surface area contributed by atoms with Gasteiger partial charge in [-0.3, -0.25) is 0 Å². The molecule has 0 fully saturated rings. The van der Waals surface area contributed by atoms with E-state index >= 15 is 0 Å². The highest BCUT2D eigenvalue weighted by molar-refractivity contribution is 9.10. The van der Waals surface area contributed by atoms with Gasteiger partial charge in [0.25, 0.3) is 0 Å². The summed E-state index contributed by atoms with van der Waals surface area (Å²) in [6, 6.07) is 12.6. The fourth-order valence-corrected chi connectivity index (χ4v) is 5.16. The zero-order chi connectivity index (χ0) is 27.9. The van der Waals surface area contributed by atoms with Gasteiger partial charge >= 0.3 is 0 Å². The Hall–Kier alpha value is -1.26. The molecule has 2 rings (SSSR count). The third-order valence-corrected chi connectivity index (χ3v) is 8.38. The van der Waals surface area contributed by atoms with Crippen LogP contribution in [0.2, 0.25) is 0 Å². The molecule has 0 aromatic heterocycles. The molecule has 4 heteroatoms. The topological polar surface area (TPSA) is 18.5 Å². The summed E-state index contributed by atoms with van der Waals surface area (Å²) in [6.07, 6.45) is 14.3. The van der Waals surface area contributed by atoms with Crippen molar-refractivity contribution in [2.24, 2.45) is 23.7 Å². The number of benzene rings is 2. The first kappa shape index (κ1) is 32.9. The van der Waals surface area contributed by atoms with Crippen molar-refractivity contribution in [3.05, 3.63) is 56.5 Å². The Bertz CT molecular complexity index is 889. The van der Waals surface area contributed by atoms with E-state index in [0.29, 0.717) is 11.8 Å². The Morgan fingerprint density at radius 2 is 0.974 bits per heavy atom. The molecule has 0 aliphatic carbocycles. The van der Waals surface area contributed by atoms with Gasteiger partial charge in [-0.05, 0) is 104 Å². The largest absolute Gasteiger partial charge is 0.492 e. The molecule has 0 heterocycles. The van der Waals surface area contributed by atoms with Crippen molar-refractivity contribution in [3.63, 3.8) is 0 Å². The van der Waals surface area contributed by atoms with Gasteiger partial charge < -0.3 is 9.47 Å². The standard InChI is InChI=1S/C34H50Br2O2/c1-25(2)9-7-11-27(5)19-21-37-33-23-29(15-17-31(33)35)13-14-30-16-18-32(36)34(24-30)38-22-20-28(6)12-8-10-26(3)4/h13-18,23-28H,7-12,19-22H2,1-6H3/b14-13+. The normalized spacial score (nSPS) is 13.4. The van der Waals surface area contributed by atoms with Crippen LogP contribution in [-0.2, 0) is 0 Å². The first-order valence-electron chi connectivity index (χ1n) is 14.7. The number of halogens is 2. The van der Waals surface area contributed by atoms with Crippen LogP contribution in [0.25, 0.3) is 12.2 Å². The minimum absolute atomic E-state index is 0.692. The second-order valence-corrected chi connectivity index (χ2v) is 13.6. The molecule has 2 atom stereocenters. The fraction of sp³-hybridized carbons (Fsp3) is 0.588. The summed E-state index contributed by atoms with van der Waals surface area (Å²) in [6.45, 7) is 15.4. The van der Waals surface area contributed by atoms with Gasteiger partial charge in [0.2, 0.25) is 0 Å². The molecule has 2 unspecified atom stereocenters. The molecule has 0 saturated carbocycles. The van der Waals surface area contributed by atoms with Gasteiger partial charge in [-0.2, -0.15) is 0 Å². The predicted octanol–water partition coefficient (Wildman–Crippen LogP) is 11.8. The molecule has 38 heavy (non-hydrogen) atoms. The van der Waals surface area contributed by atoms with Crippen LogP contribution in [0.1, 0.15) is 104 Å². The molecule has 2 nitrogen and oxygen atoms in total.